The number of furan rings is 1. The molecule has 0 spiro atoms. The fourth-order valence-electron chi connectivity index (χ4n) is 2.42. The summed E-state index contributed by atoms with van der Waals surface area (Å²) in [5, 5.41) is 0. The molecule has 0 N–H and O–H groups in total. The first kappa shape index (κ1) is 16.9. The Morgan fingerprint density at radius 1 is 1.04 bits per heavy atom. The number of benzene rings is 1. The van der Waals surface area contributed by atoms with Crippen molar-refractivity contribution in [2.45, 2.75) is 38.9 Å². The van der Waals surface area contributed by atoms with E-state index in [9.17, 15) is 8.78 Å². The van der Waals surface area contributed by atoms with Crippen molar-refractivity contribution >= 4 is 13.2 Å². The van der Waals surface area contributed by atoms with Crippen LogP contribution in [0.25, 0.3) is 17.2 Å². The first-order valence-corrected chi connectivity index (χ1v) is 7.74. The van der Waals surface area contributed by atoms with Crippen molar-refractivity contribution in [2.24, 2.45) is 0 Å². The van der Waals surface area contributed by atoms with Gasteiger partial charge in [-0.1, -0.05) is 12.1 Å². The van der Waals surface area contributed by atoms with Crippen molar-refractivity contribution in [1.82, 2.24) is 0 Å². The van der Waals surface area contributed by atoms with Crippen molar-refractivity contribution in [3.63, 3.8) is 0 Å². The van der Waals surface area contributed by atoms with Gasteiger partial charge in [-0.05, 0) is 51.5 Å². The summed E-state index contributed by atoms with van der Waals surface area (Å²) in [5.41, 5.74) is -0.401. The van der Waals surface area contributed by atoms with E-state index in [-0.39, 0.29) is 5.56 Å². The minimum absolute atomic E-state index is 0.134. The summed E-state index contributed by atoms with van der Waals surface area (Å²) in [5.74, 6) is -0.527. The molecule has 1 aromatic heterocycles. The van der Waals surface area contributed by atoms with Crippen LogP contribution in [0.3, 0.4) is 0 Å². The van der Waals surface area contributed by atoms with E-state index in [2.05, 4.69) is 0 Å². The summed E-state index contributed by atoms with van der Waals surface area (Å²) in [6.07, 6.45) is 4.14. The molecule has 24 heavy (non-hydrogen) atoms. The van der Waals surface area contributed by atoms with E-state index in [1.807, 2.05) is 27.7 Å². The van der Waals surface area contributed by atoms with Crippen LogP contribution in [0.2, 0.25) is 0 Å². The summed E-state index contributed by atoms with van der Waals surface area (Å²) in [4.78, 5) is 0. The van der Waals surface area contributed by atoms with E-state index in [4.69, 9.17) is 13.7 Å². The zero-order valence-electron chi connectivity index (χ0n) is 14.1. The molecule has 3 nitrogen and oxygen atoms in total. The van der Waals surface area contributed by atoms with Crippen LogP contribution in [0.5, 0.6) is 0 Å². The Kier molecular flexibility index (Phi) is 4.14. The first-order chi connectivity index (χ1) is 11.2. The molecule has 0 aliphatic carbocycles. The van der Waals surface area contributed by atoms with Crippen LogP contribution in [0, 0.1) is 5.82 Å². The first-order valence-electron chi connectivity index (χ1n) is 7.74. The van der Waals surface area contributed by atoms with Gasteiger partial charge in [0.2, 0.25) is 0 Å². The summed E-state index contributed by atoms with van der Waals surface area (Å²) in [7, 11) is -1.14. The lowest BCUT2D eigenvalue weighted by Gasteiger charge is -2.32. The van der Waals surface area contributed by atoms with Gasteiger partial charge in [-0.15, -0.1) is 0 Å². The summed E-state index contributed by atoms with van der Waals surface area (Å²) < 4.78 is 45.0. The lowest BCUT2D eigenvalue weighted by atomic mass is 9.86. The van der Waals surface area contributed by atoms with E-state index < -0.39 is 29.9 Å². The van der Waals surface area contributed by atoms with Gasteiger partial charge in [0, 0.05) is 11.1 Å². The molecule has 0 atom stereocenters. The SMILES string of the molecule is CC1(C)OB(C(F)=Cc2ccc(-c3ccoc3)cc2F)OC1(C)C. The molecule has 0 bridgehead atoms. The van der Waals surface area contributed by atoms with Gasteiger partial charge in [-0.2, -0.15) is 0 Å². The van der Waals surface area contributed by atoms with Gasteiger partial charge < -0.3 is 13.7 Å². The number of halogens is 2. The van der Waals surface area contributed by atoms with Crippen molar-refractivity contribution in [1.29, 1.82) is 0 Å². The predicted octanol–water partition coefficient (Wildman–Crippen LogP) is 5.03. The molecule has 0 amide bonds. The van der Waals surface area contributed by atoms with Gasteiger partial charge in [0.1, 0.15) is 11.5 Å². The molecule has 1 aliphatic rings. The third-order valence-corrected chi connectivity index (χ3v) is 4.63. The second-order valence-corrected chi connectivity index (χ2v) is 6.87. The highest BCUT2D eigenvalue weighted by Crippen LogP contribution is 2.39. The Morgan fingerprint density at radius 2 is 1.71 bits per heavy atom. The standard InChI is InChI=1S/C18H19BF2O3/c1-17(2)18(3,4)24-19(23-17)16(21)10-13-6-5-12(9-15(13)20)14-7-8-22-11-14/h5-11H,1-4H3. The molecule has 126 valence electrons. The molecule has 1 aromatic carbocycles. The van der Waals surface area contributed by atoms with Crippen molar-refractivity contribution in [3.05, 3.63) is 53.9 Å². The minimum atomic E-state index is -1.14. The van der Waals surface area contributed by atoms with Crippen LogP contribution in [0.15, 0.2) is 46.9 Å². The van der Waals surface area contributed by atoms with Crippen LogP contribution in [-0.4, -0.2) is 18.3 Å². The van der Waals surface area contributed by atoms with E-state index >= 15 is 0 Å². The maximum atomic E-state index is 14.5. The second kappa shape index (κ2) is 5.86. The maximum absolute atomic E-state index is 14.5. The number of hydrogen-bond donors (Lipinski definition) is 0. The van der Waals surface area contributed by atoms with Crippen molar-refractivity contribution in [2.75, 3.05) is 0 Å². The van der Waals surface area contributed by atoms with Crippen LogP contribution >= 0.6 is 0 Å². The highest BCUT2D eigenvalue weighted by Gasteiger charge is 2.53. The predicted molar refractivity (Wildman–Crippen MR) is 89.3 cm³/mol. The Labute approximate surface area is 140 Å². The molecule has 1 aliphatic heterocycles. The average Bonchev–Trinajstić information content (AvgIpc) is 3.08. The smallest absolute Gasteiger partial charge is 0.472 e. The molecule has 0 unspecified atom stereocenters. The van der Waals surface area contributed by atoms with E-state index in [1.165, 1.54) is 24.7 Å². The topological polar surface area (TPSA) is 31.6 Å². The molecular weight excluding hydrogens is 313 g/mol. The normalized spacial score (nSPS) is 19.8. The van der Waals surface area contributed by atoms with Gasteiger partial charge in [0.15, 0.2) is 0 Å². The summed E-state index contributed by atoms with van der Waals surface area (Å²) >= 11 is 0. The van der Waals surface area contributed by atoms with E-state index in [1.54, 1.807) is 12.1 Å². The van der Waals surface area contributed by atoms with Gasteiger partial charge in [0.05, 0.1) is 23.7 Å². The lowest BCUT2D eigenvalue weighted by molar-refractivity contribution is 0.00578. The third-order valence-electron chi connectivity index (χ3n) is 4.63. The van der Waals surface area contributed by atoms with Gasteiger partial charge in [-0.3, -0.25) is 0 Å². The Balaban J connectivity index is 1.84. The molecule has 6 heteroatoms. The average molecular weight is 332 g/mol. The third kappa shape index (κ3) is 3.04. The van der Waals surface area contributed by atoms with Gasteiger partial charge in [-0.25, -0.2) is 8.78 Å². The zero-order valence-corrected chi connectivity index (χ0v) is 14.1. The van der Waals surface area contributed by atoms with E-state index in [0.717, 1.165) is 11.6 Å². The Hall–Kier alpha value is -1.92. The molecule has 1 saturated heterocycles. The summed E-state index contributed by atoms with van der Waals surface area (Å²) in [6, 6.07) is 6.29. The lowest BCUT2D eigenvalue weighted by Crippen LogP contribution is -2.41. The Bertz CT molecular complexity index is 751. The molecule has 0 saturated carbocycles. The van der Waals surface area contributed by atoms with Crippen molar-refractivity contribution < 1.29 is 22.5 Å². The van der Waals surface area contributed by atoms with Gasteiger partial charge in [0.25, 0.3) is 0 Å². The molecule has 1 fully saturated rings. The van der Waals surface area contributed by atoms with E-state index in [0.29, 0.717) is 5.56 Å². The highest BCUT2D eigenvalue weighted by molar-refractivity contribution is 6.54. The van der Waals surface area contributed by atoms with Crippen LogP contribution in [0.1, 0.15) is 33.3 Å². The quantitative estimate of drug-likeness (QED) is 0.739. The monoisotopic (exact) mass is 332 g/mol. The van der Waals surface area contributed by atoms with Crippen LogP contribution in [0.4, 0.5) is 8.78 Å². The van der Waals surface area contributed by atoms with Crippen LogP contribution < -0.4 is 0 Å². The Morgan fingerprint density at radius 3 is 2.25 bits per heavy atom. The largest absolute Gasteiger partial charge is 0.525 e. The van der Waals surface area contributed by atoms with Crippen LogP contribution in [-0.2, 0) is 9.31 Å². The minimum Gasteiger partial charge on any atom is -0.472 e. The number of rotatable bonds is 3. The second-order valence-electron chi connectivity index (χ2n) is 6.87. The molecular formula is C18H19BF2O3. The molecule has 3 rings (SSSR count). The summed E-state index contributed by atoms with van der Waals surface area (Å²) in [6.45, 7) is 7.34. The van der Waals surface area contributed by atoms with Crippen molar-refractivity contribution in [3.8, 4) is 11.1 Å². The maximum Gasteiger partial charge on any atom is 0.525 e. The zero-order chi connectivity index (χ0) is 17.5. The molecule has 2 aromatic rings. The fraction of sp³-hybridized carbons (Fsp3) is 0.333. The molecule has 0 radical (unpaired) electrons. The van der Waals surface area contributed by atoms with Gasteiger partial charge >= 0.3 is 7.12 Å². The fourth-order valence-corrected chi connectivity index (χ4v) is 2.42. The highest BCUT2D eigenvalue weighted by atomic mass is 19.1. The molecule has 2 heterocycles. The number of hydrogen-bond acceptors (Lipinski definition) is 3.